The highest BCUT2D eigenvalue weighted by Crippen LogP contribution is 2.35. The Bertz CT molecular complexity index is 175. The lowest BCUT2D eigenvalue weighted by molar-refractivity contribution is 0.733. The second-order valence-electron chi connectivity index (χ2n) is 4.47. The summed E-state index contributed by atoms with van der Waals surface area (Å²) in [5, 5.41) is -0.0116. The fraction of sp³-hybridized carbons (Fsp3) is 1.00. The Balaban J connectivity index is 3.94. The molecule has 0 heterocycles. The molecule has 0 aromatic carbocycles. The molecular weight excluding hydrogens is 290 g/mol. The Morgan fingerprint density at radius 2 is 1.60 bits per heavy atom. The zero-order valence-electron chi connectivity index (χ0n) is 9.62. The van der Waals surface area contributed by atoms with E-state index in [0.717, 1.165) is 6.42 Å². The Kier molecular flexibility index (Phi) is 7.59. The minimum Gasteiger partial charge on any atom is -0.123 e. The summed E-state index contributed by atoms with van der Waals surface area (Å²) >= 11 is 23.3. The van der Waals surface area contributed by atoms with Gasteiger partial charge in [0.2, 0.25) is 0 Å². The van der Waals surface area contributed by atoms with E-state index in [1.807, 2.05) is 0 Å². The molecule has 0 amide bonds. The summed E-state index contributed by atoms with van der Waals surface area (Å²) in [6.45, 7) is 6.97. The summed E-state index contributed by atoms with van der Waals surface area (Å²) in [4.78, 5) is 0. The van der Waals surface area contributed by atoms with Gasteiger partial charge in [-0.3, -0.25) is 0 Å². The van der Waals surface area contributed by atoms with Gasteiger partial charge in [-0.05, 0) is 6.42 Å². The van der Waals surface area contributed by atoms with Crippen LogP contribution in [0.4, 0.5) is 0 Å². The summed E-state index contributed by atoms with van der Waals surface area (Å²) in [7, 11) is -1.05. The number of hydrogen-bond donors (Lipinski definition) is 0. The van der Waals surface area contributed by atoms with Crippen molar-refractivity contribution in [3.05, 3.63) is 0 Å². The second kappa shape index (κ2) is 6.96. The van der Waals surface area contributed by atoms with Gasteiger partial charge in [-0.2, -0.15) is 0 Å². The third-order valence-corrected chi connectivity index (χ3v) is 8.97. The molecule has 0 spiro atoms. The number of rotatable bonds is 6. The Hall–Kier alpha value is 1.38. The van der Waals surface area contributed by atoms with Crippen LogP contribution in [0.2, 0.25) is 24.7 Å². The van der Waals surface area contributed by atoms with Crippen molar-refractivity contribution >= 4 is 54.5 Å². The van der Waals surface area contributed by atoms with Crippen LogP contribution >= 0.6 is 46.4 Å². The first-order valence-corrected chi connectivity index (χ1v) is 10.1. The lowest BCUT2D eigenvalue weighted by Gasteiger charge is -2.26. The van der Waals surface area contributed by atoms with Crippen molar-refractivity contribution in [1.82, 2.24) is 0 Å². The van der Waals surface area contributed by atoms with E-state index >= 15 is 0 Å². The van der Waals surface area contributed by atoms with Crippen LogP contribution in [0, 0.1) is 0 Å². The molecule has 1 unspecified atom stereocenters. The normalized spacial score (nSPS) is 15.4. The van der Waals surface area contributed by atoms with Crippen LogP contribution in [0.1, 0.15) is 26.7 Å². The Labute approximate surface area is 115 Å². The summed E-state index contributed by atoms with van der Waals surface area (Å²) in [6.07, 6.45) is 1.41. The summed E-state index contributed by atoms with van der Waals surface area (Å²) in [5.74, 6) is 0. The summed E-state index contributed by atoms with van der Waals surface area (Å²) in [5.41, 5.74) is 0. The summed E-state index contributed by atoms with van der Waals surface area (Å²) in [6, 6.07) is 3.84. The molecule has 0 aromatic rings. The topological polar surface area (TPSA) is 0 Å². The molecule has 0 saturated heterocycles. The van der Waals surface area contributed by atoms with Crippen molar-refractivity contribution in [2.75, 3.05) is 0 Å². The van der Waals surface area contributed by atoms with Gasteiger partial charge in [0.15, 0.2) is 3.79 Å². The Morgan fingerprint density at radius 1 is 1.13 bits per heavy atom. The lowest BCUT2D eigenvalue weighted by Crippen LogP contribution is -2.28. The van der Waals surface area contributed by atoms with E-state index in [2.05, 4.69) is 20.4 Å². The zero-order valence-corrected chi connectivity index (χ0v) is 13.6. The van der Waals surface area contributed by atoms with Crippen LogP contribution < -0.4 is 0 Å². The molecule has 5 heteroatoms. The minimum atomic E-state index is -1.21. The van der Waals surface area contributed by atoms with Crippen LogP contribution in [0.25, 0.3) is 0 Å². The van der Waals surface area contributed by atoms with Gasteiger partial charge in [0.25, 0.3) is 0 Å². The van der Waals surface area contributed by atoms with Gasteiger partial charge >= 0.3 is 0 Å². The largest absolute Gasteiger partial charge is 0.192 e. The average molecular weight is 310 g/mol. The predicted octanol–water partition coefficient (Wildman–Crippen LogP) is 5.86. The predicted molar refractivity (Wildman–Crippen MR) is 76.6 cm³/mol. The van der Waals surface area contributed by atoms with Gasteiger partial charge in [-0.25, -0.2) is 0 Å². The van der Waals surface area contributed by atoms with Gasteiger partial charge in [-0.15, -0.1) is 11.6 Å². The van der Waals surface area contributed by atoms with Crippen molar-refractivity contribution < 1.29 is 0 Å². The lowest BCUT2D eigenvalue weighted by atomic mass is 10.3. The maximum atomic E-state index is 6.15. The average Bonchev–Trinajstić information content (AvgIpc) is 2.12. The third-order valence-electron chi connectivity index (χ3n) is 3.22. The molecule has 0 aliphatic carbocycles. The van der Waals surface area contributed by atoms with Gasteiger partial charge in [-0.1, -0.05) is 73.3 Å². The van der Waals surface area contributed by atoms with E-state index in [-0.39, 0.29) is 5.38 Å². The SMILES string of the molecule is CC[Si](C)(CC)CCC(Cl)CC(Cl)(Cl)Cl. The molecule has 0 bridgehead atoms. The van der Waals surface area contributed by atoms with Gasteiger partial charge in [0.05, 0.1) is 0 Å². The quantitative estimate of drug-likeness (QED) is 0.425. The van der Waals surface area contributed by atoms with Crippen LogP contribution in [0.5, 0.6) is 0 Å². The first kappa shape index (κ1) is 16.4. The molecule has 0 aliphatic rings. The first-order valence-electron chi connectivity index (χ1n) is 5.43. The maximum Gasteiger partial charge on any atom is 0.192 e. The maximum absolute atomic E-state index is 6.15. The molecule has 0 fully saturated rings. The molecule has 0 nitrogen and oxygen atoms in total. The molecule has 0 aromatic heterocycles. The van der Waals surface area contributed by atoms with Crippen LogP contribution in [0.15, 0.2) is 0 Å². The van der Waals surface area contributed by atoms with Gasteiger partial charge < -0.3 is 0 Å². The smallest absolute Gasteiger partial charge is 0.123 e. The standard InChI is InChI=1S/C10H20Cl4Si/c1-4-15(3,5-2)7-6-9(11)8-10(12,13)14/h9H,4-8H2,1-3H3. The van der Waals surface area contributed by atoms with Crippen LogP contribution in [-0.2, 0) is 0 Å². The highest BCUT2D eigenvalue weighted by Gasteiger charge is 2.27. The molecule has 0 N–H and O–H groups in total. The van der Waals surface area contributed by atoms with Crippen molar-refractivity contribution in [3.8, 4) is 0 Å². The van der Waals surface area contributed by atoms with E-state index in [1.165, 1.54) is 18.1 Å². The van der Waals surface area contributed by atoms with E-state index in [0.29, 0.717) is 6.42 Å². The number of hydrogen-bond acceptors (Lipinski definition) is 0. The molecule has 0 saturated carbocycles. The zero-order chi connectivity index (χ0) is 12.1. The molecular formula is C10H20Cl4Si. The fourth-order valence-corrected chi connectivity index (χ4v) is 5.03. The van der Waals surface area contributed by atoms with Crippen molar-refractivity contribution in [1.29, 1.82) is 0 Å². The first-order chi connectivity index (χ1) is 6.72. The van der Waals surface area contributed by atoms with E-state index in [1.54, 1.807) is 0 Å². The van der Waals surface area contributed by atoms with Crippen LogP contribution in [-0.4, -0.2) is 17.2 Å². The fourth-order valence-electron chi connectivity index (χ4n) is 1.46. The van der Waals surface area contributed by atoms with Crippen molar-refractivity contribution in [2.45, 2.75) is 60.5 Å². The van der Waals surface area contributed by atoms with E-state index < -0.39 is 11.9 Å². The van der Waals surface area contributed by atoms with Gasteiger partial charge in [0.1, 0.15) is 0 Å². The molecule has 0 radical (unpaired) electrons. The summed E-state index contributed by atoms with van der Waals surface area (Å²) < 4.78 is -1.21. The number of alkyl halides is 4. The van der Waals surface area contributed by atoms with E-state index in [4.69, 9.17) is 46.4 Å². The van der Waals surface area contributed by atoms with Crippen LogP contribution in [0.3, 0.4) is 0 Å². The molecule has 92 valence electrons. The van der Waals surface area contributed by atoms with Crippen molar-refractivity contribution in [3.63, 3.8) is 0 Å². The molecule has 15 heavy (non-hydrogen) atoms. The van der Waals surface area contributed by atoms with Crippen molar-refractivity contribution in [2.24, 2.45) is 0 Å². The molecule has 0 rings (SSSR count). The van der Waals surface area contributed by atoms with E-state index in [9.17, 15) is 0 Å². The highest BCUT2D eigenvalue weighted by molar-refractivity contribution is 6.78. The Morgan fingerprint density at radius 3 is 1.93 bits per heavy atom. The molecule has 0 aliphatic heterocycles. The third kappa shape index (κ3) is 8.15. The van der Waals surface area contributed by atoms with Gasteiger partial charge in [0, 0.05) is 19.9 Å². The monoisotopic (exact) mass is 308 g/mol. The number of halogens is 4. The highest BCUT2D eigenvalue weighted by atomic mass is 35.6. The minimum absolute atomic E-state index is 0.0116. The second-order valence-corrected chi connectivity index (χ2v) is 13.1. The molecule has 1 atom stereocenters.